The van der Waals surface area contributed by atoms with Gasteiger partial charge in [0, 0.05) is 28.1 Å². The first-order valence-corrected chi connectivity index (χ1v) is 5.75. The van der Waals surface area contributed by atoms with E-state index in [1.54, 1.807) is 13.0 Å². The molecule has 17 heavy (non-hydrogen) atoms. The topological polar surface area (TPSA) is 59.3 Å². The van der Waals surface area contributed by atoms with E-state index < -0.39 is 11.8 Å². The molecule has 0 radical (unpaired) electrons. The van der Waals surface area contributed by atoms with E-state index >= 15 is 0 Å². The van der Waals surface area contributed by atoms with E-state index in [4.69, 9.17) is 5.11 Å². The molecule has 1 heterocycles. The van der Waals surface area contributed by atoms with Gasteiger partial charge in [-0.2, -0.15) is 0 Å². The molecule has 0 saturated carbocycles. The first-order chi connectivity index (χ1) is 7.93. The van der Waals surface area contributed by atoms with Crippen molar-refractivity contribution < 1.29 is 14.7 Å². The molecule has 1 N–H and O–H groups in total. The number of hydrogen-bond donors (Lipinski definition) is 1. The molecule has 1 aromatic carbocycles. The van der Waals surface area contributed by atoms with Crippen LogP contribution in [0.1, 0.15) is 16.1 Å². The van der Waals surface area contributed by atoms with Gasteiger partial charge in [0.05, 0.1) is 5.56 Å². The average Bonchev–Trinajstić information content (AvgIpc) is 2.50. The molecule has 0 saturated heterocycles. The first-order valence-electron chi connectivity index (χ1n) is 4.95. The number of Topliss-reactive ketones (excluding diaryl/α,β-unsaturated/α-hetero) is 1. The Balaban J connectivity index is 2.86. The number of halogens is 1. The van der Waals surface area contributed by atoms with Gasteiger partial charge in [-0.25, -0.2) is 4.79 Å². The van der Waals surface area contributed by atoms with Gasteiger partial charge in [0.2, 0.25) is 0 Å². The molecular formula is C12H10BrNO3. The Kier molecular flexibility index (Phi) is 2.79. The minimum atomic E-state index is -1.43. The lowest BCUT2D eigenvalue weighted by atomic mass is 10.1. The number of nitrogens with zero attached hydrogens (tertiary/aromatic N) is 1. The van der Waals surface area contributed by atoms with Crippen LogP contribution in [0.15, 0.2) is 22.7 Å². The van der Waals surface area contributed by atoms with Crippen molar-refractivity contribution in [3.8, 4) is 0 Å². The minimum Gasteiger partial charge on any atom is -0.475 e. The van der Waals surface area contributed by atoms with Crippen molar-refractivity contribution in [2.24, 2.45) is 7.05 Å². The Morgan fingerprint density at radius 3 is 2.59 bits per heavy atom. The maximum Gasteiger partial charge on any atom is 0.377 e. The molecule has 0 atom stereocenters. The summed E-state index contributed by atoms with van der Waals surface area (Å²) in [7, 11) is 1.81. The van der Waals surface area contributed by atoms with Crippen LogP contribution in [-0.2, 0) is 11.8 Å². The molecule has 2 rings (SSSR count). The van der Waals surface area contributed by atoms with Crippen LogP contribution >= 0.6 is 15.9 Å². The summed E-state index contributed by atoms with van der Waals surface area (Å²) in [6.45, 7) is 1.74. The number of carboxylic acid groups (broad SMARTS) is 1. The van der Waals surface area contributed by atoms with Crippen molar-refractivity contribution in [1.82, 2.24) is 4.57 Å². The molecular weight excluding hydrogens is 286 g/mol. The molecule has 2 aromatic rings. The first kappa shape index (κ1) is 11.9. The van der Waals surface area contributed by atoms with Gasteiger partial charge < -0.3 is 9.67 Å². The zero-order chi connectivity index (χ0) is 12.7. The quantitative estimate of drug-likeness (QED) is 0.684. The van der Waals surface area contributed by atoms with E-state index in [0.717, 1.165) is 9.99 Å². The summed E-state index contributed by atoms with van der Waals surface area (Å²) >= 11 is 3.32. The average molecular weight is 296 g/mol. The van der Waals surface area contributed by atoms with Gasteiger partial charge in [-0.15, -0.1) is 0 Å². The number of fused-ring (bicyclic) bond motifs is 1. The number of aromatic nitrogens is 1. The fourth-order valence-corrected chi connectivity index (χ4v) is 2.30. The van der Waals surface area contributed by atoms with Gasteiger partial charge >= 0.3 is 5.97 Å². The molecule has 1 aromatic heterocycles. The maximum absolute atomic E-state index is 11.7. The van der Waals surface area contributed by atoms with Crippen LogP contribution in [0.2, 0.25) is 0 Å². The van der Waals surface area contributed by atoms with E-state index in [9.17, 15) is 9.59 Å². The fraction of sp³-hybridized carbons (Fsp3) is 0.167. The minimum absolute atomic E-state index is 0.260. The van der Waals surface area contributed by atoms with Crippen LogP contribution in [0, 0.1) is 6.92 Å². The number of rotatable bonds is 2. The van der Waals surface area contributed by atoms with Crippen LogP contribution < -0.4 is 0 Å². The van der Waals surface area contributed by atoms with E-state index in [0.29, 0.717) is 11.1 Å². The number of ketones is 1. The summed E-state index contributed by atoms with van der Waals surface area (Å²) in [6, 6.07) is 5.47. The lowest BCUT2D eigenvalue weighted by molar-refractivity contribution is -0.131. The number of aryl methyl sites for hydroxylation is 1. The number of aliphatic carboxylic acids is 1. The fourth-order valence-electron chi connectivity index (χ4n) is 1.94. The van der Waals surface area contributed by atoms with E-state index in [1.165, 1.54) is 0 Å². The summed E-state index contributed by atoms with van der Waals surface area (Å²) in [5.74, 6) is -2.30. The van der Waals surface area contributed by atoms with Gasteiger partial charge in [-0.3, -0.25) is 4.79 Å². The normalized spacial score (nSPS) is 10.8. The Hall–Kier alpha value is -1.62. The Morgan fingerprint density at radius 1 is 1.35 bits per heavy atom. The summed E-state index contributed by atoms with van der Waals surface area (Å²) < 4.78 is 2.63. The molecule has 0 spiro atoms. The Bertz CT molecular complexity index is 643. The highest BCUT2D eigenvalue weighted by Gasteiger charge is 2.23. The summed E-state index contributed by atoms with van der Waals surface area (Å²) in [5.41, 5.74) is 1.76. The molecule has 0 aliphatic rings. The van der Waals surface area contributed by atoms with E-state index in [-0.39, 0.29) is 5.56 Å². The molecule has 88 valence electrons. The number of carbonyl (C=O) groups is 2. The third-order valence-corrected chi connectivity index (χ3v) is 3.37. The van der Waals surface area contributed by atoms with Crippen molar-refractivity contribution in [1.29, 1.82) is 0 Å². The molecule has 0 unspecified atom stereocenters. The highest BCUT2D eigenvalue weighted by Crippen LogP contribution is 2.28. The van der Waals surface area contributed by atoms with Crippen molar-refractivity contribution in [3.05, 3.63) is 33.9 Å². The lowest BCUT2D eigenvalue weighted by Gasteiger charge is -1.98. The highest BCUT2D eigenvalue weighted by atomic mass is 79.9. The smallest absolute Gasteiger partial charge is 0.377 e. The summed E-state index contributed by atoms with van der Waals surface area (Å²) in [5, 5.41) is 9.49. The van der Waals surface area contributed by atoms with Gasteiger partial charge in [0.15, 0.2) is 0 Å². The van der Waals surface area contributed by atoms with Gasteiger partial charge in [0.25, 0.3) is 5.78 Å². The predicted molar refractivity (Wildman–Crippen MR) is 67.3 cm³/mol. The molecule has 0 bridgehead atoms. The molecule has 0 aliphatic carbocycles. The number of carboxylic acids is 1. The highest BCUT2D eigenvalue weighted by molar-refractivity contribution is 9.10. The van der Waals surface area contributed by atoms with Crippen LogP contribution in [0.4, 0.5) is 0 Å². The third kappa shape index (κ3) is 1.76. The van der Waals surface area contributed by atoms with E-state index in [2.05, 4.69) is 15.9 Å². The van der Waals surface area contributed by atoms with Crippen molar-refractivity contribution in [2.45, 2.75) is 6.92 Å². The number of benzene rings is 1. The van der Waals surface area contributed by atoms with Crippen molar-refractivity contribution in [3.63, 3.8) is 0 Å². The molecule has 5 heteroatoms. The Morgan fingerprint density at radius 2 is 2.00 bits per heavy atom. The van der Waals surface area contributed by atoms with Gasteiger partial charge in [0.1, 0.15) is 0 Å². The maximum atomic E-state index is 11.7. The Labute approximate surface area is 106 Å². The second-order valence-corrected chi connectivity index (χ2v) is 4.73. The lowest BCUT2D eigenvalue weighted by Crippen LogP contribution is -2.13. The predicted octanol–water partition coefficient (Wildman–Crippen LogP) is 2.52. The molecule has 0 amide bonds. The van der Waals surface area contributed by atoms with Crippen LogP contribution in [0.3, 0.4) is 0 Å². The SMILES string of the molecule is Cc1c(C(=O)C(=O)O)c2cc(Br)ccc2n1C. The second kappa shape index (κ2) is 4.00. The van der Waals surface area contributed by atoms with Crippen LogP contribution in [0.25, 0.3) is 10.9 Å². The third-order valence-electron chi connectivity index (χ3n) is 2.88. The van der Waals surface area contributed by atoms with Crippen LogP contribution in [-0.4, -0.2) is 21.4 Å². The molecule has 0 fully saturated rings. The molecule has 4 nitrogen and oxygen atoms in total. The standard InChI is InChI=1S/C12H10BrNO3/c1-6-10(11(15)12(16)17)8-5-7(13)3-4-9(8)14(6)2/h3-5H,1-2H3,(H,16,17). The van der Waals surface area contributed by atoms with E-state index in [1.807, 2.05) is 23.7 Å². The van der Waals surface area contributed by atoms with Gasteiger partial charge in [-0.05, 0) is 25.1 Å². The summed E-state index contributed by atoms with van der Waals surface area (Å²) in [4.78, 5) is 22.5. The largest absolute Gasteiger partial charge is 0.475 e. The second-order valence-electron chi connectivity index (χ2n) is 3.82. The zero-order valence-electron chi connectivity index (χ0n) is 9.32. The van der Waals surface area contributed by atoms with Crippen molar-refractivity contribution >= 4 is 38.6 Å². The van der Waals surface area contributed by atoms with Crippen LogP contribution in [0.5, 0.6) is 0 Å². The van der Waals surface area contributed by atoms with Crippen molar-refractivity contribution in [2.75, 3.05) is 0 Å². The number of hydrogen-bond acceptors (Lipinski definition) is 2. The number of carbonyl (C=O) groups excluding carboxylic acids is 1. The summed E-state index contributed by atoms with van der Waals surface area (Å²) in [6.07, 6.45) is 0. The monoisotopic (exact) mass is 295 g/mol. The molecule has 0 aliphatic heterocycles. The van der Waals surface area contributed by atoms with Gasteiger partial charge in [-0.1, -0.05) is 15.9 Å². The zero-order valence-corrected chi connectivity index (χ0v) is 10.9.